The van der Waals surface area contributed by atoms with Gasteiger partial charge in [0.25, 0.3) is 0 Å². The summed E-state index contributed by atoms with van der Waals surface area (Å²) in [5.41, 5.74) is 1.26. The molecule has 4 N–H and O–H groups in total. The lowest BCUT2D eigenvalue weighted by molar-refractivity contribution is -0.140. The van der Waals surface area contributed by atoms with Gasteiger partial charge in [-0.25, -0.2) is 0 Å². The molecule has 0 saturated heterocycles. The van der Waals surface area contributed by atoms with Crippen molar-refractivity contribution in [2.75, 3.05) is 12.4 Å². The van der Waals surface area contributed by atoms with E-state index in [1.54, 1.807) is 24.3 Å². The molecule has 0 aliphatic rings. The molecule has 1 rings (SSSR count). The van der Waals surface area contributed by atoms with Crippen molar-refractivity contribution >= 4 is 29.4 Å². The first kappa shape index (κ1) is 24.1. The average molecular weight is 407 g/mol. The lowest BCUT2D eigenvalue weighted by Crippen LogP contribution is -2.50. The third-order valence-corrected chi connectivity index (χ3v) is 4.19. The van der Waals surface area contributed by atoms with Gasteiger partial charge in [-0.2, -0.15) is 0 Å². The third-order valence-electron chi connectivity index (χ3n) is 4.19. The van der Waals surface area contributed by atoms with Crippen LogP contribution in [-0.2, 0) is 30.5 Å². The fraction of sp³-hybridized carbons (Fsp3) is 0.500. The zero-order valence-electron chi connectivity index (χ0n) is 17.0. The van der Waals surface area contributed by atoms with Gasteiger partial charge in [-0.05, 0) is 44.4 Å². The summed E-state index contributed by atoms with van der Waals surface area (Å²) in [6.07, 6.45) is 1.46. The normalized spacial score (nSPS) is 12.4. The van der Waals surface area contributed by atoms with Crippen LogP contribution < -0.4 is 16.0 Å². The lowest BCUT2D eigenvalue weighted by atomic mass is 10.1. The van der Waals surface area contributed by atoms with Gasteiger partial charge in [0.05, 0.1) is 13.7 Å². The molecule has 1 aromatic rings. The zero-order valence-corrected chi connectivity index (χ0v) is 17.0. The molecule has 1 aromatic carbocycles. The van der Waals surface area contributed by atoms with Crippen LogP contribution in [-0.4, -0.2) is 48.0 Å². The first-order valence-corrected chi connectivity index (χ1v) is 9.44. The molecule has 0 aliphatic carbocycles. The lowest BCUT2D eigenvalue weighted by Gasteiger charge is -2.18. The molecule has 9 nitrogen and oxygen atoms in total. The van der Waals surface area contributed by atoms with Crippen molar-refractivity contribution in [2.24, 2.45) is 0 Å². The Morgan fingerprint density at radius 3 is 2.10 bits per heavy atom. The van der Waals surface area contributed by atoms with Crippen LogP contribution in [0.1, 0.15) is 45.1 Å². The molecule has 1 unspecified atom stereocenters. The number of ether oxygens (including phenoxy) is 1. The number of aliphatic hydroxyl groups excluding tert-OH is 1. The molecule has 29 heavy (non-hydrogen) atoms. The molecular formula is C20H29N3O6. The summed E-state index contributed by atoms with van der Waals surface area (Å²) in [4.78, 5) is 47.3. The molecule has 0 spiro atoms. The first-order valence-electron chi connectivity index (χ1n) is 9.44. The van der Waals surface area contributed by atoms with Crippen molar-refractivity contribution in [3.8, 4) is 0 Å². The highest BCUT2D eigenvalue weighted by molar-refractivity contribution is 5.98. The summed E-state index contributed by atoms with van der Waals surface area (Å²) in [6, 6.07) is 5.06. The van der Waals surface area contributed by atoms with Crippen molar-refractivity contribution in [1.29, 1.82) is 0 Å². The van der Waals surface area contributed by atoms with E-state index in [4.69, 9.17) is 5.11 Å². The Bertz CT molecular complexity index is 705. The van der Waals surface area contributed by atoms with E-state index >= 15 is 0 Å². The number of hydrogen-bond donors (Lipinski definition) is 4. The van der Waals surface area contributed by atoms with Crippen molar-refractivity contribution < 1.29 is 29.0 Å². The average Bonchev–Trinajstić information content (AvgIpc) is 2.71. The Labute approximate surface area is 170 Å². The molecular weight excluding hydrogens is 378 g/mol. The van der Waals surface area contributed by atoms with Gasteiger partial charge in [-0.15, -0.1) is 0 Å². The molecule has 0 fully saturated rings. The quantitative estimate of drug-likeness (QED) is 0.318. The second kappa shape index (κ2) is 12.5. The highest BCUT2D eigenvalue weighted by Crippen LogP contribution is 2.10. The number of anilines is 1. The molecule has 0 aromatic heterocycles. The summed E-state index contributed by atoms with van der Waals surface area (Å²) >= 11 is 0. The maximum absolute atomic E-state index is 12.2. The number of nitrogens with one attached hydrogen (secondary N) is 3. The van der Waals surface area contributed by atoms with Gasteiger partial charge in [-0.3, -0.25) is 19.2 Å². The summed E-state index contributed by atoms with van der Waals surface area (Å²) < 4.78 is 4.52. The highest BCUT2D eigenvalue weighted by Gasteiger charge is 2.21. The van der Waals surface area contributed by atoms with Gasteiger partial charge in [0.1, 0.15) is 12.1 Å². The van der Waals surface area contributed by atoms with Crippen LogP contribution in [0, 0.1) is 0 Å². The Balaban J connectivity index is 2.37. The summed E-state index contributed by atoms with van der Waals surface area (Å²) in [5.74, 6) is -1.52. The maximum atomic E-state index is 12.2. The summed E-state index contributed by atoms with van der Waals surface area (Å²) in [7, 11) is 1.31. The Hall–Kier alpha value is -2.94. The standard InChI is InChI=1S/C20H29N3O6/c1-13(21-17(25)6-4-5-7-18(26)29-3)19(27)22-14(2)20(28)23-16-10-8-15(12-24)9-11-16/h8-11,13-14,24H,4-7,12H2,1-3H3,(H,21,25)(H,22,27)(H,23,28)/t13?,14-/m0/s1. The molecule has 0 radical (unpaired) electrons. The van der Waals surface area contributed by atoms with E-state index in [1.165, 1.54) is 21.0 Å². The van der Waals surface area contributed by atoms with Crippen LogP contribution >= 0.6 is 0 Å². The Morgan fingerprint density at radius 2 is 1.52 bits per heavy atom. The largest absolute Gasteiger partial charge is 0.469 e. The number of carbonyl (C=O) groups excluding carboxylic acids is 4. The number of methoxy groups -OCH3 is 1. The number of amides is 3. The van der Waals surface area contributed by atoms with Crippen molar-refractivity contribution in [3.63, 3.8) is 0 Å². The van der Waals surface area contributed by atoms with Crippen molar-refractivity contribution in [1.82, 2.24) is 10.6 Å². The smallest absolute Gasteiger partial charge is 0.305 e. The third kappa shape index (κ3) is 9.20. The molecule has 0 saturated carbocycles. The number of hydrogen-bond acceptors (Lipinski definition) is 6. The minimum Gasteiger partial charge on any atom is -0.469 e. The van der Waals surface area contributed by atoms with Crippen LogP contribution in [0.4, 0.5) is 5.69 Å². The molecule has 0 heterocycles. The molecule has 3 amide bonds. The van der Waals surface area contributed by atoms with Gasteiger partial charge in [0.15, 0.2) is 0 Å². The van der Waals surface area contributed by atoms with E-state index in [0.717, 1.165) is 5.56 Å². The number of carbonyl (C=O) groups is 4. The minimum absolute atomic E-state index is 0.0877. The van der Waals surface area contributed by atoms with Gasteiger partial charge in [0.2, 0.25) is 17.7 Å². The van der Waals surface area contributed by atoms with E-state index in [1.807, 2.05) is 0 Å². The Morgan fingerprint density at radius 1 is 0.931 bits per heavy atom. The van der Waals surface area contributed by atoms with Crippen LogP contribution in [0.2, 0.25) is 0 Å². The second-order valence-corrected chi connectivity index (χ2v) is 6.65. The molecule has 2 atom stereocenters. The van der Waals surface area contributed by atoms with Gasteiger partial charge in [0, 0.05) is 18.5 Å². The first-order chi connectivity index (χ1) is 13.8. The van der Waals surface area contributed by atoms with Crippen molar-refractivity contribution in [3.05, 3.63) is 29.8 Å². The maximum Gasteiger partial charge on any atom is 0.305 e. The predicted molar refractivity (Wildman–Crippen MR) is 107 cm³/mol. The van der Waals surface area contributed by atoms with Crippen LogP contribution in [0.15, 0.2) is 24.3 Å². The fourth-order valence-electron chi connectivity index (χ4n) is 2.38. The van der Waals surface area contributed by atoms with Gasteiger partial charge >= 0.3 is 5.97 Å². The Kier molecular flexibility index (Phi) is 10.4. The predicted octanol–water partition coefficient (Wildman–Crippen LogP) is 0.860. The zero-order chi connectivity index (χ0) is 21.8. The van der Waals surface area contributed by atoms with Crippen LogP contribution in [0.3, 0.4) is 0 Å². The van der Waals surface area contributed by atoms with E-state index < -0.39 is 23.9 Å². The van der Waals surface area contributed by atoms with Crippen molar-refractivity contribution in [2.45, 2.75) is 58.2 Å². The second-order valence-electron chi connectivity index (χ2n) is 6.65. The molecule has 0 aliphatic heterocycles. The van der Waals surface area contributed by atoms with Crippen LogP contribution in [0.25, 0.3) is 0 Å². The highest BCUT2D eigenvalue weighted by atomic mass is 16.5. The van der Waals surface area contributed by atoms with Gasteiger partial charge in [-0.1, -0.05) is 12.1 Å². The minimum atomic E-state index is -0.806. The molecule has 160 valence electrons. The monoisotopic (exact) mass is 407 g/mol. The van der Waals surface area contributed by atoms with Gasteiger partial charge < -0.3 is 25.8 Å². The fourth-order valence-corrected chi connectivity index (χ4v) is 2.38. The summed E-state index contributed by atoms with van der Waals surface area (Å²) in [5, 5.41) is 16.8. The topological polar surface area (TPSA) is 134 Å². The van der Waals surface area contributed by atoms with E-state index in [9.17, 15) is 19.2 Å². The SMILES string of the molecule is COC(=O)CCCCC(=O)NC(C)C(=O)N[C@@H](C)C(=O)Nc1ccc(CO)cc1. The number of esters is 1. The summed E-state index contributed by atoms with van der Waals surface area (Å²) in [6.45, 7) is 2.98. The van der Waals surface area contributed by atoms with E-state index in [-0.39, 0.29) is 31.3 Å². The molecule has 0 bridgehead atoms. The number of benzene rings is 1. The van der Waals surface area contributed by atoms with E-state index in [2.05, 4.69) is 20.7 Å². The number of aliphatic hydroxyl groups is 1. The number of unbranched alkanes of at least 4 members (excludes halogenated alkanes) is 1. The van der Waals surface area contributed by atoms with E-state index in [0.29, 0.717) is 18.5 Å². The molecule has 9 heteroatoms. The van der Waals surface area contributed by atoms with Crippen LogP contribution in [0.5, 0.6) is 0 Å². The number of rotatable bonds is 11.